The molecular formula is C29H27N3O4. The number of carbonyl (C=O) groups excluding carboxylic acids is 1. The van der Waals surface area contributed by atoms with E-state index in [-0.39, 0.29) is 23.8 Å². The number of carbonyl (C=O) groups is 1. The molecule has 2 N–H and O–H groups in total. The summed E-state index contributed by atoms with van der Waals surface area (Å²) in [6.07, 6.45) is 1.94. The van der Waals surface area contributed by atoms with E-state index in [1.807, 2.05) is 71.6 Å². The van der Waals surface area contributed by atoms with Crippen molar-refractivity contribution in [1.29, 1.82) is 0 Å². The number of para-hydroxylation sites is 1. The molecule has 0 aliphatic carbocycles. The van der Waals surface area contributed by atoms with E-state index in [1.165, 1.54) is 0 Å². The van der Waals surface area contributed by atoms with Gasteiger partial charge in [-0.3, -0.25) is 9.89 Å². The Hall–Kier alpha value is -4.10. The second-order valence-electron chi connectivity index (χ2n) is 9.22. The van der Waals surface area contributed by atoms with E-state index in [0.29, 0.717) is 30.1 Å². The van der Waals surface area contributed by atoms with Crippen LogP contribution in [0.1, 0.15) is 46.1 Å². The summed E-state index contributed by atoms with van der Waals surface area (Å²) in [6.45, 7) is 1.70. The van der Waals surface area contributed by atoms with Crippen molar-refractivity contribution in [1.82, 2.24) is 15.1 Å². The standard InChI is InChI=1S/C29H27N3O4/c33-24-11-5-4-10-23(24)26-25-27(31-30-26)29(34)32(17-22-9-6-16-35-22)28(25)20-12-14-21(15-13-20)36-18-19-7-2-1-3-8-19/h1-5,7-8,10-15,22,28,33H,6,9,16-18H2,(H,30,31)/t22-,28+/m1/s1. The van der Waals surface area contributed by atoms with Crippen molar-refractivity contribution in [2.24, 2.45) is 0 Å². The fourth-order valence-electron chi connectivity index (χ4n) is 5.11. The molecule has 6 rings (SSSR count). The highest BCUT2D eigenvalue weighted by Gasteiger charge is 2.43. The molecule has 0 spiro atoms. The van der Waals surface area contributed by atoms with Crippen LogP contribution in [0.5, 0.6) is 11.5 Å². The predicted octanol–water partition coefficient (Wildman–Crippen LogP) is 5.09. The maximum Gasteiger partial charge on any atom is 0.273 e. The summed E-state index contributed by atoms with van der Waals surface area (Å²) in [5.41, 5.74) is 4.46. The van der Waals surface area contributed by atoms with Gasteiger partial charge in [0.05, 0.1) is 12.1 Å². The number of ether oxygens (including phenoxy) is 2. The van der Waals surface area contributed by atoms with Crippen LogP contribution in [0.25, 0.3) is 11.3 Å². The van der Waals surface area contributed by atoms with Crippen molar-refractivity contribution >= 4 is 5.91 Å². The lowest BCUT2D eigenvalue weighted by Gasteiger charge is -2.28. The average molecular weight is 482 g/mol. The molecule has 0 saturated carbocycles. The molecular weight excluding hydrogens is 454 g/mol. The summed E-state index contributed by atoms with van der Waals surface area (Å²) < 4.78 is 11.8. The average Bonchev–Trinajstić information content (AvgIpc) is 3.64. The van der Waals surface area contributed by atoms with Gasteiger partial charge in [0, 0.05) is 24.3 Å². The molecule has 7 heteroatoms. The second kappa shape index (κ2) is 9.51. The number of amides is 1. The molecule has 1 amide bonds. The molecule has 2 aliphatic rings. The highest BCUT2D eigenvalue weighted by molar-refractivity contribution is 6.00. The lowest BCUT2D eigenvalue weighted by Crippen LogP contribution is -2.36. The molecule has 2 aliphatic heterocycles. The highest BCUT2D eigenvalue weighted by atomic mass is 16.5. The molecule has 7 nitrogen and oxygen atoms in total. The first-order chi connectivity index (χ1) is 17.7. The van der Waals surface area contributed by atoms with Crippen molar-refractivity contribution in [3.05, 3.63) is 101 Å². The lowest BCUT2D eigenvalue weighted by molar-refractivity contribution is 0.0495. The third-order valence-corrected chi connectivity index (χ3v) is 6.89. The molecule has 3 aromatic carbocycles. The van der Waals surface area contributed by atoms with Crippen molar-refractivity contribution in [3.63, 3.8) is 0 Å². The maximum absolute atomic E-state index is 13.5. The molecule has 1 saturated heterocycles. The number of rotatable bonds is 7. The first-order valence-electron chi connectivity index (χ1n) is 12.2. The number of benzene rings is 3. The molecule has 3 heterocycles. The van der Waals surface area contributed by atoms with E-state index >= 15 is 0 Å². The third kappa shape index (κ3) is 4.12. The summed E-state index contributed by atoms with van der Waals surface area (Å²) in [5, 5.41) is 17.9. The van der Waals surface area contributed by atoms with Crippen LogP contribution in [0.4, 0.5) is 0 Å². The van der Waals surface area contributed by atoms with Crippen LogP contribution in [0.15, 0.2) is 78.9 Å². The molecule has 0 radical (unpaired) electrons. The second-order valence-corrected chi connectivity index (χ2v) is 9.22. The highest BCUT2D eigenvalue weighted by Crippen LogP contribution is 2.45. The zero-order valence-corrected chi connectivity index (χ0v) is 19.8. The quantitative estimate of drug-likeness (QED) is 0.384. The van der Waals surface area contributed by atoms with E-state index in [0.717, 1.165) is 41.9 Å². The smallest absolute Gasteiger partial charge is 0.273 e. The Morgan fingerprint density at radius 3 is 2.56 bits per heavy atom. The number of aromatic hydroxyl groups is 1. The number of phenols is 1. The zero-order valence-electron chi connectivity index (χ0n) is 19.8. The molecule has 2 atom stereocenters. The number of hydrogen-bond acceptors (Lipinski definition) is 5. The summed E-state index contributed by atoms with van der Waals surface area (Å²) in [5.74, 6) is 0.773. The van der Waals surface area contributed by atoms with Crippen LogP contribution < -0.4 is 4.74 Å². The maximum atomic E-state index is 13.5. The Balaban J connectivity index is 1.34. The van der Waals surface area contributed by atoms with Gasteiger partial charge in [-0.25, -0.2) is 0 Å². The Bertz CT molecular complexity index is 1360. The number of hydrogen-bond donors (Lipinski definition) is 2. The lowest BCUT2D eigenvalue weighted by atomic mass is 9.95. The van der Waals surface area contributed by atoms with Crippen molar-refractivity contribution in [3.8, 4) is 22.8 Å². The number of aromatic nitrogens is 2. The zero-order chi connectivity index (χ0) is 24.5. The van der Waals surface area contributed by atoms with Crippen LogP contribution in [-0.4, -0.2) is 45.4 Å². The van der Waals surface area contributed by atoms with Crippen LogP contribution in [-0.2, 0) is 11.3 Å². The Kier molecular flexibility index (Phi) is 5.91. The monoisotopic (exact) mass is 481 g/mol. The normalized spacial score (nSPS) is 19.0. The van der Waals surface area contributed by atoms with Gasteiger partial charge in [-0.2, -0.15) is 5.10 Å². The number of nitrogens with zero attached hydrogens (tertiary/aromatic N) is 2. The SMILES string of the molecule is O=C1c2[nH]nc(-c3ccccc3O)c2[C@H](c2ccc(OCc3ccccc3)cc2)N1C[C@H]1CCCO1. The first-order valence-corrected chi connectivity index (χ1v) is 12.2. The van der Waals surface area contributed by atoms with Crippen molar-refractivity contribution in [2.45, 2.75) is 31.6 Å². The fraction of sp³-hybridized carbons (Fsp3) is 0.241. The van der Waals surface area contributed by atoms with Crippen LogP contribution in [0.2, 0.25) is 0 Å². The summed E-state index contributed by atoms with van der Waals surface area (Å²) in [7, 11) is 0. The molecule has 4 aromatic rings. The number of aromatic amines is 1. The Morgan fingerprint density at radius 1 is 1.03 bits per heavy atom. The van der Waals surface area contributed by atoms with Crippen LogP contribution in [0, 0.1) is 0 Å². The molecule has 1 fully saturated rings. The van der Waals surface area contributed by atoms with Gasteiger partial charge in [0.2, 0.25) is 0 Å². The van der Waals surface area contributed by atoms with Crippen molar-refractivity contribution < 1.29 is 19.4 Å². The fourth-order valence-corrected chi connectivity index (χ4v) is 5.11. The minimum atomic E-state index is -0.353. The van der Waals surface area contributed by atoms with Gasteiger partial charge in [0.15, 0.2) is 0 Å². The van der Waals surface area contributed by atoms with E-state index in [2.05, 4.69) is 10.2 Å². The van der Waals surface area contributed by atoms with Gasteiger partial charge < -0.3 is 19.5 Å². The Morgan fingerprint density at radius 2 is 1.81 bits per heavy atom. The van der Waals surface area contributed by atoms with Gasteiger partial charge in [-0.1, -0.05) is 54.6 Å². The van der Waals surface area contributed by atoms with E-state index < -0.39 is 0 Å². The summed E-state index contributed by atoms with van der Waals surface area (Å²) in [6, 6.07) is 24.6. The van der Waals surface area contributed by atoms with E-state index in [4.69, 9.17) is 9.47 Å². The molecule has 1 aromatic heterocycles. The van der Waals surface area contributed by atoms with Gasteiger partial charge in [0.25, 0.3) is 5.91 Å². The van der Waals surface area contributed by atoms with E-state index in [9.17, 15) is 9.90 Å². The summed E-state index contributed by atoms with van der Waals surface area (Å²) in [4.78, 5) is 15.4. The summed E-state index contributed by atoms with van der Waals surface area (Å²) >= 11 is 0. The minimum Gasteiger partial charge on any atom is -0.507 e. The van der Waals surface area contributed by atoms with Gasteiger partial charge in [-0.05, 0) is 48.2 Å². The van der Waals surface area contributed by atoms with Gasteiger partial charge >= 0.3 is 0 Å². The number of phenolic OH excluding ortho intramolecular Hbond substituents is 1. The molecule has 36 heavy (non-hydrogen) atoms. The molecule has 182 valence electrons. The molecule has 0 bridgehead atoms. The van der Waals surface area contributed by atoms with Gasteiger partial charge in [0.1, 0.15) is 29.5 Å². The van der Waals surface area contributed by atoms with Crippen LogP contribution >= 0.6 is 0 Å². The van der Waals surface area contributed by atoms with Crippen molar-refractivity contribution in [2.75, 3.05) is 13.2 Å². The topological polar surface area (TPSA) is 87.7 Å². The number of H-pyrrole nitrogens is 1. The first kappa shape index (κ1) is 22.4. The largest absolute Gasteiger partial charge is 0.507 e. The van der Waals surface area contributed by atoms with Gasteiger partial charge in [-0.15, -0.1) is 0 Å². The predicted molar refractivity (Wildman–Crippen MR) is 135 cm³/mol. The van der Waals surface area contributed by atoms with E-state index in [1.54, 1.807) is 12.1 Å². The molecule has 0 unspecified atom stereocenters. The third-order valence-electron chi connectivity index (χ3n) is 6.89. The number of fused-ring (bicyclic) bond motifs is 1. The Labute approximate surface area is 209 Å². The van der Waals surface area contributed by atoms with Crippen LogP contribution in [0.3, 0.4) is 0 Å². The number of nitrogens with one attached hydrogen (secondary N) is 1. The minimum absolute atomic E-state index is 0.00970.